The minimum absolute atomic E-state index is 0.101. The summed E-state index contributed by atoms with van der Waals surface area (Å²) >= 11 is 0. The Labute approximate surface area is 152 Å². The van der Waals surface area contributed by atoms with Gasteiger partial charge in [-0.3, -0.25) is 4.79 Å². The van der Waals surface area contributed by atoms with Gasteiger partial charge in [0.25, 0.3) is 0 Å². The smallest absolute Gasteiger partial charge is 0.243 e. The van der Waals surface area contributed by atoms with Crippen molar-refractivity contribution in [3.8, 4) is 0 Å². The monoisotopic (exact) mass is 368 g/mol. The molecule has 0 bridgehead atoms. The fourth-order valence-corrected chi connectivity index (χ4v) is 3.72. The molecule has 0 atom stereocenters. The van der Waals surface area contributed by atoms with E-state index in [1.807, 2.05) is 20.8 Å². The molecule has 0 unspecified atom stereocenters. The quantitative estimate of drug-likeness (QED) is 0.708. The minimum atomic E-state index is -3.50. The van der Waals surface area contributed by atoms with E-state index in [0.29, 0.717) is 18.8 Å². The molecule has 0 saturated heterocycles. The maximum atomic E-state index is 12.9. The predicted molar refractivity (Wildman–Crippen MR) is 103 cm³/mol. The number of carbonyl (C=O) groups is 1. The van der Waals surface area contributed by atoms with Gasteiger partial charge in [0.2, 0.25) is 15.9 Å². The number of rotatable bonds is 9. The summed E-state index contributed by atoms with van der Waals surface area (Å²) in [5, 5.41) is 2.81. The molecule has 0 spiro atoms. The lowest BCUT2D eigenvalue weighted by Gasteiger charge is -2.22. The van der Waals surface area contributed by atoms with Crippen molar-refractivity contribution in [2.24, 2.45) is 5.41 Å². The highest BCUT2D eigenvalue weighted by Gasteiger charge is 2.24. The lowest BCUT2D eigenvalue weighted by Crippen LogP contribution is -2.33. The molecule has 0 saturated carbocycles. The summed E-state index contributed by atoms with van der Waals surface area (Å²) in [6, 6.07) is 6.43. The van der Waals surface area contributed by atoms with E-state index in [0.717, 1.165) is 25.7 Å². The van der Waals surface area contributed by atoms with E-state index in [4.69, 9.17) is 0 Å². The number of nitrogens with zero attached hydrogens (tertiary/aromatic N) is 1. The van der Waals surface area contributed by atoms with Crippen LogP contribution in [0, 0.1) is 5.41 Å². The highest BCUT2D eigenvalue weighted by molar-refractivity contribution is 7.89. The Morgan fingerprint density at radius 1 is 1.00 bits per heavy atom. The molecule has 142 valence electrons. The zero-order valence-corrected chi connectivity index (χ0v) is 16.9. The van der Waals surface area contributed by atoms with E-state index in [-0.39, 0.29) is 10.8 Å². The van der Waals surface area contributed by atoms with Gasteiger partial charge >= 0.3 is 0 Å². The number of hydrogen-bond acceptors (Lipinski definition) is 3. The zero-order chi connectivity index (χ0) is 19.1. The van der Waals surface area contributed by atoms with Crippen LogP contribution in [-0.4, -0.2) is 31.7 Å². The van der Waals surface area contributed by atoms with Gasteiger partial charge < -0.3 is 5.32 Å². The Kier molecular flexibility index (Phi) is 8.09. The lowest BCUT2D eigenvalue weighted by atomic mass is 9.95. The number of anilines is 1. The van der Waals surface area contributed by atoms with Crippen LogP contribution in [0.1, 0.15) is 60.3 Å². The summed E-state index contributed by atoms with van der Waals surface area (Å²) in [5.41, 5.74) is 0.106. The van der Waals surface area contributed by atoms with Crippen molar-refractivity contribution < 1.29 is 13.2 Å². The van der Waals surface area contributed by atoms with Crippen molar-refractivity contribution in [3.63, 3.8) is 0 Å². The van der Waals surface area contributed by atoms with Crippen molar-refractivity contribution in [1.29, 1.82) is 0 Å². The van der Waals surface area contributed by atoms with E-state index < -0.39 is 15.4 Å². The van der Waals surface area contributed by atoms with Crippen molar-refractivity contribution in [2.75, 3.05) is 18.4 Å². The van der Waals surface area contributed by atoms with Gasteiger partial charge in [-0.15, -0.1) is 0 Å². The van der Waals surface area contributed by atoms with Crippen LogP contribution in [0.5, 0.6) is 0 Å². The van der Waals surface area contributed by atoms with Crippen molar-refractivity contribution >= 4 is 21.6 Å². The average molecular weight is 369 g/mol. The molecule has 0 fully saturated rings. The van der Waals surface area contributed by atoms with Gasteiger partial charge in [0, 0.05) is 24.2 Å². The first-order chi connectivity index (χ1) is 11.6. The van der Waals surface area contributed by atoms with Crippen LogP contribution in [0.25, 0.3) is 0 Å². The normalized spacial score (nSPS) is 12.4. The molecule has 1 N–H and O–H groups in total. The molecular weight excluding hydrogens is 336 g/mol. The van der Waals surface area contributed by atoms with Crippen LogP contribution < -0.4 is 5.32 Å². The Bertz CT molecular complexity index is 638. The maximum absolute atomic E-state index is 12.9. The number of amides is 1. The number of benzene rings is 1. The van der Waals surface area contributed by atoms with Gasteiger partial charge in [-0.25, -0.2) is 8.42 Å². The molecule has 5 nitrogen and oxygen atoms in total. The number of hydrogen-bond donors (Lipinski definition) is 1. The summed E-state index contributed by atoms with van der Waals surface area (Å²) in [5.74, 6) is -0.101. The highest BCUT2D eigenvalue weighted by Crippen LogP contribution is 2.21. The second kappa shape index (κ2) is 9.34. The topological polar surface area (TPSA) is 66.5 Å². The molecule has 0 radical (unpaired) electrons. The standard InChI is InChI=1S/C19H32N2O3S/c1-6-8-14-21(15-9-7-2)25(23,24)17-12-10-16(11-13-17)20-18(22)19(3,4)5/h10-13H,6-9,14-15H2,1-5H3,(H,20,22). The second-order valence-corrected chi connectivity index (χ2v) is 9.28. The second-order valence-electron chi connectivity index (χ2n) is 7.34. The molecule has 25 heavy (non-hydrogen) atoms. The molecule has 1 amide bonds. The molecule has 6 heteroatoms. The highest BCUT2D eigenvalue weighted by atomic mass is 32.2. The third kappa shape index (κ3) is 6.44. The summed E-state index contributed by atoms with van der Waals surface area (Å²) in [4.78, 5) is 12.3. The van der Waals surface area contributed by atoms with Crippen LogP contribution in [0.15, 0.2) is 29.2 Å². The molecular formula is C19H32N2O3S. The molecule has 1 rings (SSSR count). The average Bonchev–Trinajstić information content (AvgIpc) is 2.54. The largest absolute Gasteiger partial charge is 0.326 e. The van der Waals surface area contributed by atoms with Crippen LogP contribution in [0.3, 0.4) is 0 Å². The van der Waals surface area contributed by atoms with Crippen LogP contribution in [0.2, 0.25) is 0 Å². The molecule has 0 aromatic heterocycles. The summed E-state index contributed by atoms with van der Waals surface area (Å²) < 4.78 is 27.3. The van der Waals surface area contributed by atoms with E-state index >= 15 is 0 Å². The Hall–Kier alpha value is -1.40. The fraction of sp³-hybridized carbons (Fsp3) is 0.632. The Morgan fingerprint density at radius 3 is 1.88 bits per heavy atom. The van der Waals surface area contributed by atoms with Gasteiger partial charge in [-0.1, -0.05) is 47.5 Å². The Balaban J connectivity index is 2.95. The third-order valence-electron chi connectivity index (χ3n) is 3.95. The third-order valence-corrected chi connectivity index (χ3v) is 5.87. The molecule has 0 heterocycles. The predicted octanol–water partition coefficient (Wildman–Crippen LogP) is 4.26. The molecule has 1 aromatic rings. The SMILES string of the molecule is CCCCN(CCCC)S(=O)(=O)c1ccc(NC(=O)C(C)(C)C)cc1. The first-order valence-electron chi connectivity index (χ1n) is 9.04. The van der Waals surface area contributed by atoms with Crippen molar-refractivity contribution in [2.45, 2.75) is 65.2 Å². The van der Waals surface area contributed by atoms with E-state index in [9.17, 15) is 13.2 Å². The van der Waals surface area contributed by atoms with E-state index in [2.05, 4.69) is 19.2 Å². The number of sulfonamides is 1. The zero-order valence-electron chi connectivity index (χ0n) is 16.1. The van der Waals surface area contributed by atoms with E-state index in [1.165, 1.54) is 0 Å². The van der Waals surface area contributed by atoms with E-state index in [1.54, 1.807) is 28.6 Å². The van der Waals surface area contributed by atoms with Gasteiger partial charge in [0.1, 0.15) is 0 Å². The van der Waals surface area contributed by atoms with Gasteiger partial charge in [0.15, 0.2) is 0 Å². The fourth-order valence-electron chi connectivity index (χ4n) is 2.20. The molecule has 0 aliphatic heterocycles. The molecule has 0 aliphatic rings. The van der Waals surface area contributed by atoms with Gasteiger partial charge in [-0.05, 0) is 37.1 Å². The molecule has 0 aliphatic carbocycles. The van der Waals surface area contributed by atoms with Crippen molar-refractivity contribution in [1.82, 2.24) is 4.31 Å². The summed E-state index contributed by atoms with van der Waals surface area (Å²) in [6.07, 6.45) is 3.61. The molecule has 1 aromatic carbocycles. The number of unbranched alkanes of at least 4 members (excludes halogenated alkanes) is 2. The first kappa shape index (κ1) is 21.6. The lowest BCUT2D eigenvalue weighted by molar-refractivity contribution is -0.123. The summed E-state index contributed by atoms with van der Waals surface area (Å²) in [7, 11) is -3.50. The maximum Gasteiger partial charge on any atom is 0.243 e. The minimum Gasteiger partial charge on any atom is -0.326 e. The number of carbonyl (C=O) groups excluding carboxylic acids is 1. The van der Waals surface area contributed by atoms with Gasteiger partial charge in [-0.2, -0.15) is 4.31 Å². The van der Waals surface area contributed by atoms with Crippen molar-refractivity contribution in [3.05, 3.63) is 24.3 Å². The Morgan fingerprint density at radius 2 is 1.48 bits per heavy atom. The van der Waals surface area contributed by atoms with Crippen LogP contribution in [0.4, 0.5) is 5.69 Å². The first-order valence-corrected chi connectivity index (χ1v) is 10.5. The van der Waals surface area contributed by atoms with Crippen LogP contribution >= 0.6 is 0 Å². The van der Waals surface area contributed by atoms with Gasteiger partial charge in [0.05, 0.1) is 4.90 Å². The number of nitrogens with one attached hydrogen (secondary N) is 1. The summed E-state index contributed by atoms with van der Waals surface area (Å²) in [6.45, 7) is 10.7. The van der Waals surface area contributed by atoms with Crippen LogP contribution in [-0.2, 0) is 14.8 Å².